The van der Waals surface area contributed by atoms with Gasteiger partial charge in [-0.1, -0.05) is 11.6 Å². The van der Waals surface area contributed by atoms with E-state index in [-0.39, 0.29) is 22.7 Å². The van der Waals surface area contributed by atoms with Crippen molar-refractivity contribution in [2.24, 2.45) is 0 Å². The zero-order chi connectivity index (χ0) is 29.0. The number of hydrogen-bond acceptors (Lipinski definition) is 7. The van der Waals surface area contributed by atoms with Crippen LogP contribution in [0.4, 0.5) is 13.2 Å². The second kappa shape index (κ2) is 9.97. The Bertz CT molecular complexity index is 1650. The van der Waals surface area contributed by atoms with Crippen molar-refractivity contribution in [1.82, 2.24) is 24.5 Å². The fourth-order valence-corrected chi connectivity index (χ4v) is 4.94. The van der Waals surface area contributed by atoms with E-state index in [0.29, 0.717) is 40.4 Å². The predicted molar refractivity (Wildman–Crippen MR) is 142 cm³/mol. The number of aliphatic hydroxyl groups is 1. The van der Waals surface area contributed by atoms with Crippen molar-refractivity contribution in [2.45, 2.75) is 57.9 Å². The van der Waals surface area contributed by atoms with Gasteiger partial charge in [0, 0.05) is 29.7 Å². The fourth-order valence-electron chi connectivity index (χ4n) is 4.66. The Kier molecular flexibility index (Phi) is 6.91. The molecule has 12 heteroatoms. The van der Waals surface area contributed by atoms with Crippen LogP contribution in [-0.2, 0) is 5.60 Å². The first-order valence-corrected chi connectivity index (χ1v) is 12.8. The third-order valence-corrected chi connectivity index (χ3v) is 7.08. The van der Waals surface area contributed by atoms with E-state index in [1.54, 1.807) is 39.1 Å². The van der Waals surface area contributed by atoms with Crippen molar-refractivity contribution >= 4 is 11.6 Å². The van der Waals surface area contributed by atoms with E-state index in [4.69, 9.17) is 11.6 Å². The van der Waals surface area contributed by atoms with Gasteiger partial charge in [-0.05, 0) is 81.5 Å². The summed E-state index contributed by atoms with van der Waals surface area (Å²) in [5.41, 5.74) is 2.58. The van der Waals surface area contributed by atoms with Crippen LogP contribution in [0.1, 0.15) is 60.4 Å². The van der Waals surface area contributed by atoms with Gasteiger partial charge in [-0.2, -0.15) is 0 Å². The highest BCUT2D eigenvalue weighted by Gasteiger charge is 2.42. The van der Waals surface area contributed by atoms with Gasteiger partial charge < -0.3 is 9.84 Å². The van der Waals surface area contributed by atoms with E-state index in [9.17, 15) is 23.1 Å². The van der Waals surface area contributed by atoms with Gasteiger partial charge in [-0.15, -0.1) is 13.2 Å². The SMILES string of the molecule is Cc1cnc(-c2ccnc(C(C)(C)O)n2)cc1-n1c(C)cc([C@@H]2CC2c2ccc(OC(F)(F)F)cn2)c(Cl)c1=O. The van der Waals surface area contributed by atoms with E-state index in [0.717, 1.165) is 11.8 Å². The molecule has 40 heavy (non-hydrogen) atoms. The Labute approximate surface area is 232 Å². The lowest BCUT2D eigenvalue weighted by atomic mass is 10.1. The van der Waals surface area contributed by atoms with Crippen molar-refractivity contribution in [1.29, 1.82) is 0 Å². The molecule has 1 saturated carbocycles. The summed E-state index contributed by atoms with van der Waals surface area (Å²) in [5.74, 6) is -0.323. The lowest BCUT2D eigenvalue weighted by Crippen LogP contribution is -2.23. The Balaban J connectivity index is 1.46. The topological polar surface area (TPSA) is 103 Å². The number of hydrogen-bond donors (Lipinski definition) is 1. The third kappa shape index (κ3) is 5.57. The van der Waals surface area contributed by atoms with Gasteiger partial charge in [0.05, 0.1) is 23.3 Å². The highest BCUT2D eigenvalue weighted by Crippen LogP contribution is 2.55. The molecule has 4 aromatic rings. The standard InChI is InChI=1S/C28H25ClF3N5O3/c1-14-12-34-22(21-7-8-33-26(36-21)27(3,4)39)11-23(14)37-15(2)9-19(24(29)25(37)38)17-10-18(17)20-6-5-16(13-35-20)40-28(30,31)32/h5-9,11-13,17-18,39H,10H2,1-4H3/t17-,18?/m1/s1. The summed E-state index contributed by atoms with van der Waals surface area (Å²) in [4.78, 5) is 30.7. The Morgan fingerprint density at radius 2 is 1.77 bits per heavy atom. The van der Waals surface area contributed by atoms with Gasteiger partial charge in [-0.25, -0.2) is 9.97 Å². The molecule has 8 nitrogen and oxygen atoms in total. The van der Waals surface area contributed by atoms with Gasteiger partial charge in [0.15, 0.2) is 5.82 Å². The number of nitrogens with zero attached hydrogens (tertiary/aromatic N) is 5. The molecule has 4 heterocycles. The maximum absolute atomic E-state index is 13.6. The molecule has 0 aliphatic heterocycles. The van der Waals surface area contributed by atoms with Crippen LogP contribution >= 0.6 is 11.6 Å². The van der Waals surface area contributed by atoms with Crippen LogP contribution in [-0.4, -0.2) is 36.0 Å². The molecule has 0 aromatic carbocycles. The first-order valence-electron chi connectivity index (χ1n) is 12.4. The zero-order valence-electron chi connectivity index (χ0n) is 22.0. The summed E-state index contributed by atoms with van der Waals surface area (Å²) in [7, 11) is 0. The van der Waals surface area contributed by atoms with Gasteiger partial charge in [0.2, 0.25) is 0 Å². The summed E-state index contributed by atoms with van der Waals surface area (Å²) < 4.78 is 42.8. The minimum atomic E-state index is -4.79. The molecule has 1 aliphatic carbocycles. The molecule has 0 radical (unpaired) electrons. The molecule has 208 valence electrons. The molecule has 1 fully saturated rings. The normalized spacial score (nSPS) is 17.1. The highest BCUT2D eigenvalue weighted by molar-refractivity contribution is 6.31. The summed E-state index contributed by atoms with van der Waals surface area (Å²) in [6.45, 7) is 6.81. The highest BCUT2D eigenvalue weighted by atomic mass is 35.5. The van der Waals surface area contributed by atoms with E-state index < -0.39 is 23.3 Å². The number of aromatic nitrogens is 5. The van der Waals surface area contributed by atoms with E-state index in [1.165, 1.54) is 22.9 Å². The lowest BCUT2D eigenvalue weighted by molar-refractivity contribution is -0.274. The molecule has 0 bridgehead atoms. The van der Waals surface area contributed by atoms with Crippen LogP contribution in [0.2, 0.25) is 5.02 Å². The molecule has 1 N–H and O–H groups in total. The van der Waals surface area contributed by atoms with Crippen LogP contribution in [0.15, 0.2) is 53.7 Å². The number of alkyl halides is 3. The zero-order valence-corrected chi connectivity index (χ0v) is 22.7. The fraction of sp³-hybridized carbons (Fsp3) is 0.321. The van der Waals surface area contributed by atoms with Crippen molar-refractivity contribution < 1.29 is 23.0 Å². The molecule has 1 unspecified atom stereocenters. The summed E-state index contributed by atoms with van der Waals surface area (Å²) in [6, 6.07) is 7.98. The molecule has 0 amide bonds. The molecule has 4 aromatic heterocycles. The number of aryl methyl sites for hydroxylation is 2. The molecule has 0 saturated heterocycles. The van der Waals surface area contributed by atoms with Crippen molar-refractivity contribution in [3.05, 3.63) is 92.6 Å². The van der Waals surface area contributed by atoms with E-state index in [1.807, 2.05) is 13.0 Å². The summed E-state index contributed by atoms with van der Waals surface area (Å²) in [5, 5.41) is 10.4. The second-order valence-corrected chi connectivity index (χ2v) is 10.7. The third-order valence-electron chi connectivity index (χ3n) is 6.70. The van der Waals surface area contributed by atoms with Gasteiger partial charge in [0.1, 0.15) is 16.4 Å². The molecular weight excluding hydrogens is 547 g/mol. The van der Waals surface area contributed by atoms with Gasteiger partial charge in [-0.3, -0.25) is 19.3 Å². The van der Waals surface area contributed by atoms with E-state index >= 15 is 0 Å². The largest absolute Gasteiger partial charge is 0.573 e. The van der Waals surface area contributed by atoms with Crippen molar-refractivity contribution in [2.75, 3.05) is 0 Å². The maximum Gasteiger partial charge on any atom is 0.573 e. The lowest BCUT2D eigenvalue weighted by Gasteiger charge is -2.17. The molecular formula is C28H25ClF3N5O3. The Morgan fingerprint density at radius 3 is 2.42 bits per heavy atom. The molecule has 1 aliphatic rings. The van der Waals surface area contributed by atoms with Crippen LogP contribution in [0.3, 0.4) is 0 Å². The minimum absolute atomic E-state index is 0.0687. The molecule has 2 atom stereocenters. The monoisotopic (exact) mass is 571 g/mol. The average molecular weight is 572 g/mol. The van der Waals surface area contributed by atoms with Crippen molar-refractivity contribution in [3.8, 4) is 22.8 Å². The Hall–Kier alpha value is -3.83. The van der Waals surface area contributed by atoms with Gasteiger partial charge in [0.25, 0.3) is 5.56 Å². The van der Waals surface area contributed by atoms with Crippen LogP contribution in [0.5, 0.6) is 5.75 Å². The maximum atomic E-state index is 13.6. The van der Waals surface area contributed by atoms with E-state index in [2.05, 4.69) is 24.7 Å². The quantitative estimate of drug-likeness (QED) is 0.314. The van der Waals surface area contributed by atoms with Crippen LogP contribution in [0, 0.1) is 13.8 Å². The number of halogens is 4. The first kappa shape index (κ1) is 27.7. The minimum Gasteiger partial charge on any atom is -0.404 e. The summed E-state index contributed by atoms with van der Waals surface area (Å²) >= 11 is 6.62. The number of pyridine rings is 3. The number of ether oxygens (including phenoxy) is 1. The second-order valence-electron chi connectivity index (χ2n) is 10.3. The van der Waals surface area contributed by atoms with Crippen molar-refractivity contribution in [3.63, 3.8) is 0 Å². The average Bonchev–Trinajstić information content (AvgIpc) is 3.67. The summed E-state index contributed by atoms with van der Waals surface area (Å²) in [6.07, 6.45) is 0.0822. The first-order chi connectivity index (χ1) is 18.7. The number of rotatable bonds is 6. The van der Waals surface area contributed by atoms with Crippen LogP contribution in [0.25, 0.3) is 17.1 Å². The molecule has 0 spiro atoms. The smallest absolute Gasteiger partial charge is 0.404 e. The van der Waals surface area contributed by atoms with Gasteiger partial charge >= 0.3 is 6.36 Å². The Morgan fingerprint density at radius 1 is 1.02 bits per heavy atom. The van der Waals surface area contributed by atoms with Crippen LogP contribution < -0.4 is 10.3 Å². The molecule has 5 rings (SSSR count). The predicted octanol–water partition coefficient (Wildman–Crippen LogP) is 5.75.